The lowest BCUT2D eigenvalue weighted by Crippen LogP contribution is -2.63. The van der Waals surface area contributed by atoms with Gasteiger partial charge in [0.1, 0.15) is 23.4 Å². The smallest absolute Gasteiger partial charge is 0.410 e. The Morgan fingerprint density at radius 2 is 1.52 bits per heavy atom. The number of likely N-dealkylation sites (N-methyl/N-ethyl adjacent to an activating group) is 2. The number of ether oxygens (including phenoxy) is 2. The van der Waals surface area contributed by atoms with Crippen LogP contribution in [0.1, 0.15) is 81.7 Å². The number of aliphatic carboxylic acids is 1. The Hall–Kier alpha value is -3.76. The average Bonchev–Trinajstić information content (AvgIpc) is 2.87. The number of nitrogens with zero attached hydrogens (tertiary/aromatic N) is 2. The van der Waals surface area contributed by atoms with Crippen LogP contribution in [0.2, 0.25) is 0 Å². The van der Waals surface area contributed by atoms with E-state index in [0.717, 1.165) is 0 Å². The van der Waals surface area contributed by atoms with E-state index in [4.69, 9.17) is 15.2 Å². The van der Waals surface area contributed by atoms with Crippen molar-refractivity contribution in [3.63, 3.8) is 0 Å². The molecule has 11 heteroatoms. The lowest BCUT2D eigenvalue weighted by atomic mass is 9.75. The van der Waals surface area contributed by atoms with Gasteiger partial charge in [-0.05, 0) is 56.7 Å². The zero-order valence-electron chi connectivity index (χ0n) is 29.0. The number of rotatable bonds is 11. The molecule has 0 aromatic heterocycles. The summed E-state index contributed by atoms with van der Waals surface area (Å²) in [6, 6.07) is 2.48. The normalized spacial score (nSPS) is 14.8. The highest BCUT2D eigenvalue weighted by Crippen LogP contribution is 2.35. The number of nitrogen functional groups attached to an aromatic ring is 1. The summed E-state index contributed by atoms with van der Waals surface area (Å²) in [6.45, 7) is 19.6. The molecule has 3 atom stereocenters. The van der Waals surface area contributed by atoms with Crippen molar-refractivity contribution in [3.05, 3.63) is 35.4 Å². The van der Waals surface area contributed by atoms with Crippen LogP contribution >= 0.6 is 0 Å². The van der Waals surface area contributed by atoms with E-state index in [-0.39, 0.29) is 11.5 Å². The number of nitrogens with two attached hydrogens (primary N) is 1. The summed E-state index contributed by atoms with van der Waals surface area (Å²) in [6.07, 6.45) is 0.833. The molecule has 1 unspecified atom stereocenters. The lowest BCUT2D eigenvalue weighted by molar-refractivity contribution is -0.142. The number of anilines is 1. The summed E-state index contributed by atoms with van der Waals surface area (Å²) in [5, 5.41) is 12.4. The number of amides is 3. The van der Waals surface area contributed by atoms with Gasteiger partial charge < -0.3 is 30.5 Å². The van der Waals surface area contributed by atoms with E-state index in [9.17, 15) is 24.3 Å². The van der Waals surface area contributed by atoms with Crippen molar-refractivity contribution in [2.24, 2.45) is 11.3 Å². The van der Waals surface area contributed by atoms with Crippen molar-refractivity contribution in [2.75, 3.05) is 26.9 Å². The molecular weight excluding hydrogens is 564 g/mol. The molecule has 0 saturated carbocycles. The van der Waals surface area contributed by atoms with E-state index in [1.807, 2.05) is 48.5 Å². The highest BCUT2D eigenvalue weighted by molar-refractivity contribution is 5.93. The summed E-state index contributed by atoms with van der Waals surface area (Å²) in [4.78, 5) is 56.0. The molecule has 4 N–H and O–H groups in total. The Morgan fingerprint density at radius 1 is 0.977 bits per heavy atom. The minimum Gasteiger partial charge on any atom is -0.495 e. The lowest BCUT2D eigenvalue weighted by Gasteiger charge is -2.42. The molecule has 0 radical (unpaired) electrons. The molecule has 0 saturated heterocycles. The zero-order valence-corrected chi connectivity index (χ0v) is 29.0. The van der Waals surface area contributed by atoms with E-state index in [0.29, 0.717) is 17.0 Å². The molecule has 44 heavy (non-hydrogen) atoms. The van der Waals surface area contributed by atoms with Crippen LogP contribution in [0.4, 0.5) is 10.5 Å². The maximum atomic E-state index is 14.4. The quantitative estimate of drug-likeness (QED) is 0.236. The van der Waals surface area contributed by atoms with Gasteiger partial charge in [0.25, 0.3) is 0 Å². The number of carboxylic acids is 1. The zero-order chi connectivity index (χ0) is 34.5. The molecule has 248 valence electrons. The van der Waals surface area contributed by atoms with E-state index in [2.05, 4.69) is 5.32 Å². The first-order valence-corrected chi connectivity index (χ1v) is 14.7. The van der Waals surface area contributed by atoms with Crippen LogP contribution < -0.4 is 15.8 Å². The first-order valence-electron chi connectivity index (χ1n) is 14.7. The van der Waals surface area contributed by atoms with Crippen molar-refractivity contribution in [1.82, 2.24) is 15.1 Å². The molecule has 0 spiro atoms. The van der Waals surface area contributed by atoms with Crippen LogP contribution in [-0.2, 0) is 24.5 Å². The summed E-state index contributed by atoms with van der Waals surface area (Å²) in [5.41, 5.74) is 4.77. The topological polar surface area (TPSA) is 152 Å². The maximum Gasteiger partial charge on any atom is 0.410 e. The van der Waals surface area contributed by atoms with Crippen LogP contribution in [0.3, 0.4) is 0 Å². The van der Waals surface area contributed by atoms with Crippen molar-refractivity contribution < 1.29 is 33.8 Å². The van der Waals surface area contributed by atoms with Gasteiger partial charge >= 0.3 is 12.1 Å². The van der Waals surface area contributed by atoms with Gasteiger partial charge in [0.05, 0.1) is 18.8 Å². The third kappa shape index (κ3) is 9.62. The first kappa shape index (κ1) is 38.3. The maximum absolute atomic E-state index is 14.4. The average molecular weight is 619 g/mol. The van der Waals surface area contributed by atoms with Gasteiger partial charge in [-0.25, -0.2) is 9.59 Å². The number of nitrogens with one attached hydrogen (secondary N) is 1. The Kier molecular flexibility index (Phi) is 12.5. The van der Waals surface area contributed by atoms with E-state index < -0.39 is 58.4 Å². The third-order valence-corrected chi connectivity index (χ3v) is 7.61. The van der Waals surface area contributed by atoms with E-state index in [1.165, 1.54) is 30.9 Å². The van der Waals surface area contributed by atoms with Crippen molar-refractivity contribution in [1.29, 1.82) is 0 Å². The molecule has 1 aromatic carbocycles. The number of methoxy groups -OCH3 is 1. The van der Waals surface area contributed by atoms with Crippen LogP contribution in [0.25, 0.3) is 0 Å². The highest BCUT2D eigenvalue weighted by atomic mass is 16.6. The third-order valence-electron chi connectivity index (χ3n) is 7.61. The number of carbonyl (C=O) groups excluding carboxylic acids is 3. The number of hydrogen-bond acceptors (Lipinski definition) is 7. The largest absolute Gasteiger partial charge is 0.495 e. The molecule has 0 bridgehead atoms. The molecule has 3 amide bonds. The molecule has 1 aromatic rings. The van der Waals surface area contributed by atoms with Gasteiger partial charge in [0, 0.05) is 25.1 Å². The second kappa shape index (κ2) is 14.3. The van der Waals surface area contributed by atoms with Crippen molar-refractivity contribution in [3.8, 4) is 5.75 Å². The molecule has 1 rings (SSSR count). The van der Waals surface area contributed by atoms with Gasteiger partial charge in [-0.1, -0.05) is 60.6 Å². The first-order chi connectivity index (χ1) is 19.9. The Bertz CT molecular complexity index is 1240. The Balaban J connectivity index is 3.70. The molecular formula is C33H54N4O7. The van der Waals surface area contributed by atoms with Gasteiger partial charge in [-0.2, -0.15) is 0 Å². The van der Waals surface area contributed by atoms with Gasteiger partial charge in [-0.3, -0.25) is 14.5 Å². The fourth-order valence-corrected chi connectivity index (χ4v) is 5.02. The van der Waals surface area contributed by atoms with E-state index in [1.54, 1.807) is 52.1 Å². The molecule has 0 fully saturated rings. The predicted molar refractivity (Wildman–Crippen MR) is 172 cm³/mol. The SMILES string of the molecule is COc1ccc(C(C)(C)C(C(=O)N[C@H](C(=O)N(C)[C@H](/C=C(\C)C(=O)O)C(C)C)C(C)(C)C)N(C)C(=O)OC(C)(C)C)cc1N. The van der Waals surface area contributed by atoms with Gasteiger partial charge in [-0.15, -0.1) is 0 Å². The number of carboxylic acid groups (broad SMARTS) is 1. The summed E-state index contributed by atoms with van der Waals surface area (Å²) in [5.74, 6) is -1.69. The van der Waals surface area contributed by atoms with Gasteiger partial charge in [0.2, 0.25) is 11.8 Å². The van der Waals surface area contributed by atoms with E-state index >= 15 is 0 Å². The summed E-state index contributed by atoms with van der Waals surface area (Å²) >= 11 is 0. The minimum atomic E-state index is -1.14. The molecule has 0 aliphatic heterocycles. The summed E-state index contributed by atoms with van der Waals surface area (Å²) in [7, 11) is 4.59. The Morgan fingerprint density at radius 3 is 1.93 bits per heavy atom. The fraction of sp³-hybridized carbons (Fsp3) is 0.636. The highest BCUT2D eigenvalue weighted by Gasteiger charge is 2.46. The fourth-order valence-electron chi connectivity index (χ4n) is 5.02. The summed E-state index contributed by atoms with van der Waals surface area (Å²) < 4.78 is 10.9. The van der Waals surface area contributed by atoms with Crippen LogP contribution in [-0.4, -0.2) is 83.7 Å². The van der Waals surface area contributed by atoms with Gasteiger partial charge in [0.15, 0.2) is 0 Å². The standard InChI is InChI=1S/C33H54N4O7/c1-19(2)23(17-20(3)29(40)41)36(12)28(39)25(31(4,5)6)35-27(38)26(37(13)30(42)44-32(7,8)9)33(10,11)21-15-16-24(43-14)22(34)18-21/h15-19,23,25-26H,34H2,1-14H3,(H,35,38)(H,40,41)/b20-17+/t23-,25-,26?/m1/s1. The van der Waals surface area contributed by atoms with Crippen LogP contribution in [0, 0.1) is 11.3 Å². The van der Waals surface area contributed by atoms with Crippen molar-refractivity contribution >= 4 is 29.6 Å². The monoisotopic (exact) mass is 618 g/mol. The molecule has 0 aliphatic carbocycles. The minimum absolute atomic E-state index is 0.110. The second-order valence-corrected chi connectivity index (χ2v) is 14.3. The predicted octanol–water partition coefficient (Wildman–Crippen LogP) is 4.84. The molecule has 11 nitrogen and oxygen atoms in total. The van der Waals surface area contributed by atoms with Crippen molar-refractivity contribution in [2.45, 2.75) is 105 Å². The van der Waals surface area contributed by atoms with Crippen LogP contribution in [0.15, 0.2) is 29.8 Å². The second-order valence-electron chi connectivity index (χ2n) is 14.3. The Labute approximate surface area is 263 Å². The van der Waals surface area contributed by atoms with Crippen LogP contribution in [0.5, 0.6) is 5.75 Å². The molecule has 0 aliphatic rings. The number of carbonyl (C=O) groups is 4. The number of benzene rings is 1. The number of hydrogen-bond donors (Lipinski definition) is 3. The molecule has 0 heterocycles.